The van der Waals surface area contributed by atoms with E-state index >= 15 is 0 Å². The standard InChI is InChI=1S/C56H65N9O6.Zn/c1-7-13-27-66-37-21-23-39(68-29-15-9-3)45-43(37)51-59-49-35-20-19-34(57)33-36(35)50(58-49)60-52-44-38(67-28-14-8-2)22-24-40(69-30-16-10-4)46(44)54(62-52)64-56-48-42(71-32-18-12-6)26-25-41(70-31-17-11-5)47(48)55(65-56)63-53(45)61-51;/h19-26,33H,7-18,27-32,57H2,1-6H3;/q-2;+2. The van der Waals surface area contributed by atoms with Gasteiger partial charge in [0, 0.05) is 39.0 Å². The first-order valence-corrected chi connectivity index (χ1v) is 25.8. The van der Waals surface area contributed by atoms with Crippen LogP contribution in [0.1, 0.15) is 119 Å². The largest absolute Gasteiger partial charge is 2.00 e. The fourth-order valence-corrected chi connectivity index (χ4v) is 8.56. The smallest absolute Gasteiger partial charge is 0.493 e. The molecule has 372 valence electrons. The van der Waals surface area contributed by atoms with Gasteiger partial charge in [0.05, 0.1) is 85.2 Å². The van der Waals surface area contributed by atoms with E-state index in [2.05, 4.69) is 41.5 Å². The number of rotatable bonds is 24. The maximum absolute atomic E-state index is 6.61. The second-order valence-electron chi connectivity index (χ2n) is 17.9. The molecule has 9 rings (SSSR count). The summed E-state index contributed by atoms with van der Waals surface area (Å²) in [5.41, 5.74) is 11.0. The predicted octanol–water partition coefficient (Wildman–Crippen LogP) is 12.8. The summed E-state index contributed by atoms with van der Waals surface area (Å²) < 4.78 is 39.5. The Kier molecular flexibility index (Phi) is 17.5. The van der Waals surface area contributed by atoms with Crippen LogP contribution in [-0.4, -0.2) is 69.5 Å². The summed E-state index contributed by atoms with van der Waals surface area (Å²) in [4.78, 5) is 42.4. The van der Waals surface area contributed by atoms with Crippen molar-refractivity contribution in [1.29, 1.82) is 0 Å². The second-order valence-corrected chi connectivity index (χ2v) is 17.9. The van der Waals surface area contributed by atoms with E-state index in [0.717, 1.165) is 82.4 Å². The van der Waals surface area contributed by atoms with Crippen molar-refractivity contribution in [1.82, 2.24) is 39.9 Å². The summed E-state index contributed by atoms with van der Waals surface area (Å²) in [7, 11) is 0. The van der Waals surface area contributed by atoms with E-state index in [9.17, 15) is 0 Å². The first kappa shape index (κ1) is 51.8. The Morgan fingerprint density at radius 2 is 0.653 bits per heavy atom. The number of hydrogen-bond acceptors (Lipinski definition) is 13. The molecule has 72 heavy (non-hydrogen) atoms. The number of aromatic nitrogens is 8. The van der Waals surface area contributed by atoms with E-state index in [-0.39, 0.29) is 19.5 Å². The molecule has 2 N–H and O–H groups in total. The summed E-state index contributed by atoms with van der Waals surface area (Å²) in [6, 6.07) is 17.2. The Bertz CT molecular complexity index is 3190. The van der Waals surface area contributed by atoms with Crippen molar-refractivity contribution in [3.8, 4) is 80.0 Å². The topological polar surface area (TPSA) is 187 Å². The van der Waals surface area contributed by atoms with E-state index in [4.69, 9.17) is 74.0 Å². The van der Waals surface area contributed by atoms with Gasteiger partial charge in [0.2, 0.25) is 0 Å². The number of nitrogens with zero attached hydrogens (tertiary/aromatic N) is 8. The third kappa shape index (κ3) is 10.8. The fourth-order valence-electron chi connectivity index (χ4n) is 8.56. The molecule has 0 spiro atoms. The minimum atomic E-state index is 0. The molecule has 8 bridgehead atoms. The zero-order valence-electron chi connectivity index (χ0n) is 42.7. The quantitative estimate of drug-likeness (QED) is 0.0342. The van der Waals surface area contributed by atoms with E-state index in [1.54, 1.807) is 0 Å². The zero-order chi connectivity index (χ0) is 49.3. The molecule has 0 saturated heterocycles. The monoisotopic (exact) mass is 1020 g/mol. The molecule has 2 aliphatic heterocycles. The number of nitrogen functional groups attached to an aromatic ring is 1. The first-order chi connectivity index (χ1) is 34.9. The summed E-state index contributed by atoms with van der Waals surface area (Å²) in [5.74, 6) is 4.95. The minimum absolute atomic E-state index is 0. The molecule has 0 aliphatic carbocycles. The van der Waals surface area contributed by atoms with Crippen LogP contribution in [0.2, 0.25) is 0 Å². The van der Waals surface area contributed by atoms with Crippen molar-refractivity contribution in [2.45, 2.75) is 119 Å². The van der Waals surface area contributed by atoms with Crippen molar-refractivity contribution in [2.24, 2.45) is 0 Å². The molecule has 0 atom stereocenters. The van der Waals surface area contributed by atoms with E-state index in [0.29, 0.717) is 164 Å². The average molecular weight is 1030 g/mol. The van der Waals surface area contributed by atoms with Gasteiger partial charge in [0.1, 0.15) is 34.5 Å². The van der Waals surface area contributed by atoms with Gasteiger partial charge in [-0.05, 0) is 97.8 Å². The second kappa shape index (κ2) is 24.3. The van der Waals surface area contributed by atoms with Crippen molar-refractivity contribution in [2.75, 3.05) is 45.4 Å². The summed E-state index contributed by atoms with van der Waals surface area (Å²) in [6.07, 6.45) is 10.9. The summed E-state index contributed by atoms with van der Waals surface area (Å²) in [5, 5.41) is 2.67. The van der Waals surface area contributed by atoms with Crippen LogP contribution in [-0.2, 0) is 19.5 Å². The molecule has 4 aromatic carbocycles. The van der Waals surface area contributed by atoms with Gasteiger partial charge in [-0.15, -0.1) is 0 Å². The third-order valence-electron chi connectivity index (χ3n) is 12.5. The average Bonchev–Trinajstić information content (AvgIpc) is 4.12. The van der Waals surface area contributed by atoms with Gasteiger partial charge in [-0.25, -0.2) is 9.97 Å². The molecular formula is C56H65N9O6Zn. The first-order valence-electron chi connectivity index (χ1n) is 25.8. The molecular weight excluding hydrogens is 960 g/mol. The molecule has 0 fully saturated rings. The maximum Gasteiger partial charge on any atom is 2.00 e. The van der Waals surface area contributed by atoms with Crippen molar-refractivity contribution in [3.05, 3.63) is 54.6 Å². The maximum atomic E-state index is 6.61. The van der Waals surface area contributed by atoms with Crippen LogP contribution < -0.4 is 44.1 Å². The number of ether oxygens (including phenoxy) is 6. The van der Waals surface area contributed by atoms with E-state index in [1.807, 2.05) is 54.6 Å². The van der Waals surface area contributed by atoms with Gasteiger partial charge in [0.15, 0.2) is 0 Å². The number of hydrogen-bond donors (Lipinski definition) is 1. The molecule has 15 nitrogen and oxygen atoms in total. The van der Waals surface area contributed by atoms with Gasteiger partial charge < -0.3 is 64.1 Å². The van der Waals surface area contributed by atoms with Gasteiger partial charge in [-0.3, -0.25) is 0 Å². The van der Waals surface area contributed by atoms with E-state index in [1.165, 1.54) is 0 Å². The van der Waals surface area contributed by atoms with Crippen molar-refractivity contribution in [3.63, 3.8) is 0 Å². The molecule has 0 radical (unpaired) electrons. The van der Waals surface area contributed by atoms with Crippen molar-refractivity contribution < 1.29 is 47.9 Å². The molecule has 16 heteroatoms. The molecule has 7 aromatic rings. The molecule has 0 unspecified atom stereocenters. The Morgan fingerprint density at radius 1 is 0.361 bits per heavy atom. The van der Waals surface area contributed by atoms with Crippen LogP contribution in [0, 0.1) is 0 Å². The number of fused-ring (bicyclic) bond motifs is 20. The number of nitrogens with two attached hydrogens (primary N) is 1. The normalized spacial score (nSPS) is 11.6. The molecule has 0 saturated carbocycles. The van der Waals surface area contributed by atoms with Gasteiger partial charge in [-0.2, -0.15) is 0 Å². The Morgan fingerprint density at radius 3 is 1.00 bits per heavy atom. The van der Waals surface area contributed by atoms with Crippen LogP contribution in [0.4, 0.5) is 5.69 Å². The van der Waals surface area contributed by atoms with Crippen LogP contribution in [0.3, 0.4) is 0 Å². The van der Waals surface area contributed by atoms with Gasteiger partial charge >= 0.3 is 19.5 Å². The summed E-state index contributed by atoms with van der Waals surface area (Å²) in [6.45, 7) is 15.8. The van der Waals surface area contributed by atoms with Crippen LogP contribution in [0.5, 0.6) is 34.5 Å². The molecule has 2 aliphatic rings. The van der Waals surface area contributed by atoms with Crippen LogP contribution in [0.25, 0.3) is 89.7 Å². The zero-order valence-corrected chi connectivity index (χ0v) is 45.7. The molecule has 3 aromatic heterocycles. The molecule has 5 heterocycles. The fraction of sp³-hybridized carbons (Fsp3) is 0.429. The predicted molar refractivity (Wildman–Crippen MR) is 281 cm³/mol. The number of unbranched alkanes of at least 4 members (excludes halogenated alkanes) is 6. The minimum Gasteiger partial charge on any atom is -0.493 e. The van der Waals surface area contributed by atoms with Crippen molar-refractivity contribution >= 4 is 49.8 Å². The Labute approximate surface area is 434 Å². The third-order valence-corrected chi connectivity index (χ3v) is 12.5. The van der Waals surface area contributed by atoms with Crippen LogP contribution >= 0.6 is 0 Å². The Hall–Kier alpha value is -6.54. The van der Waals surface area contributed by atoms with Gasteiger partial charge in [0.25, 0.3) is 0 Å². The SMILES string of the molecule is CCCCOc1ccc(OCCCC)c2c1-c1nc-2nc2[n-]c(nc3nc(nc4[n-]c(n1)c1ccc(N)cc41)-c1c(OCCCC)ccc(OCCCC)c1-3)c1c(OCCCC)ccc(OCCCC)c21.[Zn+2]. The Balaban J connectivity index is 0.00000693. The molecule has 0 amide bonds. The van der Waals surface area contributed by atoms with Gasteiger partial charge in [-0.1, -0.05) is 86.1 Å². The number of benzene rings is 4. The summed E-state index contributed by atoms with van der Waals surface area (Å²) >= 11 is 0. The van der Waals surface area contributed by atoms with Crippen LogP contribution in [0.15, 0.2) is 54.6 Å². The number of anilines is 1. The van der Waals surface area contributed by atoms with E-state index < -0.39 is 0 Å².